The molecule has 3 N–H and O–H groups in total. The molecule has 2 amide bonds. The zero-order valence-corrected chi connectivity index (χ0v) is 27.1. The van der Waals surface area contributed by atoms with E-state index in [1.807, 2.05) is 60.7 Å². The molecule has 0 aliphatic heterocycles. The Hall–Kier alpha value is -5.22. The molecule has 48 heavy (non-hydrogen) atoms. The van der Waals surface area contributed by atoms with E-state index in [1.54, 1.807) is 30.3 Å². The van der Waals surface area contributed by atoms with Crippen LogP contribution < -0.4 is 15.4 Å². The lowest BCUT2D eigenvalue weighted by Gasteiger charge is -2.22. The van der Waals surface area contributed by atoms with E-state index in [4.69, 9.17) is 14.2 Å². The van der Waals surface area contributed by atoms with E-state index in [2.05, 4.69) is 23.8 Å². The van der Waals surface area contributed by atoms with Crippen LogP contribution in [0, 0.1) is 5.92 Å². The van der Waals surface area contributed by atoms with Gasteiger partial charge in [0.1, 0.15) is 25.6 Å². The second kappa shape index (κ2) is 20.8. The Labute approximate surface area is 281 Å². The quantitative estimate of drug-likeness (QED) is 0.112. The molecule has 0 saturated heterocycles. The lowest BCUT2D eigenvalue weighted by molar-refractivity contribution is -0.155. The molecule has 0 saturated carbocycles. The normalized spacial score (nSPS) is 12.4. The van der Waals surface area contributed by atoms with Crippen LogP contribution in [0.25, 0.3) is 0 Å². The SMILES string of the molecule is C=CCCC(=O)OC[C@@H](NC(=O)[C@H](CC=C)CC(=O)N[C@H](CO)Cc1ccc(OCc2ccccc2)cc1)C(=O)OCc1ccccc1. The molecule has 0 aliphatic rings. The average molecular weight is 657 g/mol. The van der Waals surface area contributed by atoms with Crippen molar-refractivity contribution in [2.75, 3.05) is 13.2 Å². The van der Waals surface area contributed by atoms with Crippen LogP contribution in [0.1, 0.15) is 42.4 Å². The van der Waals surface area contributed by atoms with E-state index in [0.29, 0.717) is 25.2 Å². The number of hydrogen-bond acceptors (Lipinski definition) is 8. The van der Waals surface area contributed by atoms with Crippen molar-refractivity contribution in [1.82, 2.24) is 10.6 Å². The minimum atomic E-state index is -1.30. The van der Waals surface area contributed by atoms with Gasteiger partial charge in [0.25, 0.3) is 0 Å². The number of aliphatic hydroxyl groups is 1. The summed E-state index contributed by atoms with van der Waals surface area (Å²) in [5.74, 6) is -2.61. The Balaban J connectivity index is 1.57. The fourth-order valence-corrected chi connectivity index (χ4v) is 4.66. The van der Waals surface area contributed by atoms with Crippen LogP contribution in [-0.2, 0) is 48.3 Å². The number of rotatable bonds is 21. The third-order valence-corrected chi connectivity index (χ3v) is 7.28. The molecule has 10 nitrogen and oxygen atoms in total. The summed E-state index contributed by atoms with van der Waals surface area (Å²) in [6, 6.07) is 24.3. The first kappa shape index (κ1) is 37.2. The molecule has 3 atom stereocenters. The van der Waals surface area contributed by atoms with E-state index in [9.17, 15) is 24.3 Å². The van der Waals surface area contributed by atoms with Crippen LogP contribution in [0.5, 0.6) is 5.75 Å². The van der Waals surface area contributed by atoms with Gasteiger partial charge in [-0.1, -0.05) is 84.9 Å². The first-order valence-corrected chi connectivity index (χ1v) is 15.9. The van der Waals surface area contributed by atoms with Gasteiger partial charge in [0.05, 0.1) is 18.6 Å². The Morgan fingerprint density at radius 1 is 0.771 bits per heavy atom. The van der Waals surface area contributed by atoms with Gasteiger partial charge >= 0.3 is 11.9 Å². The van der Waals surface area contributed by atoms with Crippen LogP contribution >= 0.6 is 0 Å². The maximum atomic E-state index is 13.3. The van der Waals surface area contributed by atoms with Crippen LogP contribution in [0.15, 0.2) is 110 Å². The molecular weight excluding hydrogens is 612 g/mol. The predicted octanol–water partition coefficient (Wildman–Crippen LogP) is 4.61. The summed E-state index contributed by atoms with van der Waals surface area (Å²) in [6.07, 6.45) is 3.80. The smallest absolute Gasteiger partial charge is 0.332 e. The van der Waals surface area contributed by atoms with Gasteiger partial charge in [0, 0.05) is 12.8 Å². The third-order valence-electron chi connectivity index (χ3n) is 7.28. The molecule has 3 aromatic rings. The number of allylic oxidation sites excluding steroid dienone is 2. The second-order valence-electron chi connectivity index (χ2n) is 11.2. The highest BCUT2D eigenvalue weighted by atomic mass is 16.6. The number of aliphatic hydroxyl groups excluding tert-OH is 1. The maximum absolute atomic E-state index is 13.3. The maximum Gasteiger partial charge on any atom is 0.332 e. The monoisotopic (exact) mass is 656 g/mol. The van der Waals surface area contributed by atoms with Crippen LogP contribution in [0.3, 0.4) is 0 Å². The Morgan fingerprint density at radius 3 is 2.02 bits per heavy atom. The van der Waals surface area contributed by atoms with Gasteiger partial charge in [-0.15, -0.1) is 13.2 Å². The Bertz CT molecular complexity index is 1460. The molecule has 0 spiro atoms. The van der Waals surface area contributed by atoms with Crippen molar-refractivity contribution in [3.63, 3.8) is 0 Å². The van der Waals surface area contributed by atoms with Gasteiger partial charge in [0.2, 0.25) is 11.8 Å². The first-order valence-electron chi connectivity index (χ1n) is 15.9. The lowest BCUT2D eigenvalue weighted by atomic mass is 9.98. The van der Waals surface area contributed by atoms with Crippen molar-refractivity contribution in [3.8, 4) is 5.75 Å². The van der Waals surface area contributed by atoms with Crippen LogP contribution in [-0.4, -0.2) is 54.2 Å². The number of carbonyl (C=O) groups excluding carboxylic acids is 4. The predicted molar refractivity (Wildman–Crippen MR) is 181 cm³/mol. The van der Waals surface area contributed by atoms with Crippen LogP contribution in [0.2, 0.25) is 0 Å². The summed E-state index contributed by atoms with van der Waals surface area (Å²) >= 11 is 0. The molecule has 0 radical (unpaired) electrons. The van der Waals surface area contributed by atoms with E-state index >= 15 is 0 Å². The molecule has 0 heterocycles. The fourth-order valence-electron chi connectivity index (χ4n) is 4.66. The minimum Gasteiger partial charge on any atom is -0.489 e. The number of carbonyl (C=O) groups is 4. The largest absolute Gasteiger partial charge is 0.489 e. The van der Waals surface area contributed by atoms with E-state index in [0.717, 1.165) is 16.7 Å². The molecule has 0 unspecified atom stereocenters. The number of nitrogens with one attached hydrogen (secondary N) is 2. The summed E-state index contributed by atoms with van der Waals surface area (Å²) < 4.78 is 16.5. The second-order valence-corrected chi connectivity index (χ2v) is 11.2. The molecule has 0 aromatic heterocycles. The summed E-state index contributed by atoms with van der Waals surface area (Å²) in [5.41, 5.74) is 2.67. The molecule has 254 valence electrons. The van der Waals surface area contributed by atoms with Crippen molar-refractivity contribution in [2.45, 2.75) is 57.4 Å². The highest BCUT2D eigenvalue weighted by molar-refractivity contribution is 5.89. The molecule has 3 rings (SSSR count). The van der Waals surface area contributed by atoms with Gasteiger partial charge in [-0.2, -0.15) is 0 Å². The summed E-state index contributed by atoms with van der Waals surface area (Å²) in [5, 5.41) is 15.4. The highest BCUT2D eigenvalue weighted by Gasteiger charge is 2.29. The number of hydrogen-bond donors (Lipinski definition) is 3. The van der Waals surface area contributed by atoms with Gasteiger partial charge in [-0.25, -0.2) is 4.79 Å². The molecule has 0 fully saturated rings. The summed E-state index contributed by atoms with van der Waals surface area (Å²) in [4.78, 5) is 51.5. The molecule has 3 aromatic carbocycles. The minimum absolute atomic E-state index is 0.0407. The molecule has 10 heteroatoms. The van der Waals surface area contributed by atoms with E-state index < -0.39 is 48.4 Å². The fraction of sp³-hybridized carbons (Fsp3) is 0.316. The topological polar surface area (TPSA) is 140 Å². The standard InChI is InChI=1S/C38H44N2O8/c1-3-5-17-36(43)47-27-34(38(45)48-26-30-15-10-7-11-16-30)40-37(44)31(12-4-2)23-35(42)39-32(24-41)22-28-18-20-33(21-19-28)46-25-29-13-8-6-9-14-29/h3-4,6-11,13-16,18-21,31-32,34,41H,1-2,5,12,17,22-27H2,(H,39,42)(H,40,44)/t31-,32+,34-/m1/s1. The number of ether oxygens (including phenoxy) is 3. The van der Waals surface area contributed by atoms with Gasteiger partial charge in [-0.3, -0.25) is 14.4 Å². The van der Waals surface area contributed by atoms with Gasteiger partial charge < -0.3 is 30.0 Å². The number of esters is 2. The van der Waals surface area contributed by atoms with Gasteiger partial charge in [0.15, 0.2) is 6.04 Å². The van der Waals surface area contributed by atoms with Crippen molar-refractivity contribution in [3.05, 3.63) is 127 Å². The van der Waals surface area contributed by atoms with Crippen molar-refractivity contribution < 1.29 is 38.5 Å². The molecule has 0 bridgehead atoms. The number of benzene rings is 3. The van der Waals surface area contributed by atoms with Crippen molar-refractivity contribution >= 4 is 23.8 Å². The Kier molecular flexibility index (Phi) is 16.1. The van der Waals surface area contributed by atoms with Crippen molar-refractivity contribution in [1.29, 1.82) is 0 Å². The number of amides is 2. The molecule has 0 aliphatic carbocycles. The lowest BCUT2D eigenvalue weighted by Crippen LogP contribution is -2.48. The Morgan fingerprint density at radius 2 is 1.42 bits per heavy atom. The highest BCUT2D eigenvalue weighted by Crippen LogP contribution is 2.16. The van der Waals surface area contributed by atoms with E-state index in [-0.39, 0.29) is 32.5 Å². The average Bonchev–Trinajstić information content (AvgIpc) is 3.11. The van der Waals surface area contributed by atoms with Crippen molar-refractivity contribution in [2.24, 2.45) is 5.92 Å². The summed E-state index contributed by atoms with van der Waals surface area (Å²) in [7, 11) is 0. The third kappa shape index (κ3) is 13.6. The van der Waals surface area contributed by atoms with E-state index in [1.165, 1.54) is 6.08 Å². The summed E-state index contributed by atoms with van der Waals surface area (Å²) in [6.45, 7) is 6.91. The van der Waals surface area contributed by atoms with Crippen LogP contribution in [0.4, 0.5) is 0 Å². The first-order chi connectivity index (χ1) is 23.3. The zero-order chi connectivity index (χ0) is 34.6. The molecular formula is C38H44N2O8. The zero-order valence-electron chi connectivity index (χ0n) is 27.1. The van der Waals surface area contributed by atoms with Gasteiger partial charge in [-0.05, 0) is 48.1 Å².